The Labute approximate surface area is 170 Å². The molecule has 0 aromatic heterocycles. The topological polar surface area (TPSA) is 86.8 Å². The Hall–Kier alpha value is -2.68. The predicted molar refractivity (Wildman–Crippen MR) is 103 cm³/mol. The van der Waals surface area contributed by atoms with Gasteiger partial charge >= 0.3 is 12.2 Å². The van der Waals surface area contributed by atoms with E-state index in [1.165, 1.54) is 0 Å². The molecule has 1 amide bonds. The third kappa shape index (κ3) is 5.66. The molecule has 29 heavy (non-hydrogen) atoms. The van der Waals surface area contributed by atoms with E-state index in [0.29, 0.717) is 25.3 Å². The van der Waals surface area contributed by atoms with E-state index < -0.39 is 19.0 Å². The van der Waals surface area contributed by atoms with Crippen LogP contribution in [0.2, 0.25) is 0 Å². The smallest absolute Gasteiger partial charge is 0.454 e. The number of ether oxygens (including phenoxy) is 5. The third-order valence-corrected chi connectivity index (χ3v) is 5.05. The van der Waals surface area contributed by atoms with Gasteiger partial charge in [0, 0.05) is 25.7 Å². The maximum absolute atomic E-state index is 12.4. The Kier molecular flexibility index (Phi) is 7.03. The zero-order chi connectivity index (χ0) is 20.8. The maximum Gasteiger partial charge on any atom is 0.511 e. The van der Waals surface area contributed by atoms with Crippen LogP contribution < -0.4 is 9.47 Å². The number of fused-ring (bicyclic) bond motifs is 1. The number of benzene rings is 1. The summed E-state index contributed by atoms with van der Waals surface area (Å²) in [6, 6.07) is 5.61. The summed E-state index contributed by atoms with van der Waals surface area (Å²) in [6.45, 7) is 5.55. The van der Waals surface area contributed by atoms with E-state index in [4.69, 9.17) is 23.7 Å². The predicted octanol–water partition coefficient (Wildman–Crippen LogP) is 2.62. The molecule has 0 spiro atoms. The highest BCUT2D eigenvalue weighted by Crippen LogP contribution is 2.33. The Balaban J connectivity index is 1.42. The van der Waals surface area contributed by atoms with Crippen molar-refractivity contribution in [1.82, 2.24) is 9.80 Å². The van der Waals surface area contributed by atoms with E-state index in [-0.39, 0.29) is 18.9 Å². The number of likely N-dealkylation sites (tertiary alicyclic amines) is 1. The highest BCUT2D eigenvalue weighted by Gasteiger charge is 2.25. The van der Waals surface area contributed by atoms with Gasteiger partial charge in [0.25, 0.3) is 0 Å². The quantitative estimate of drug-likeness (QED) is 0.503. The lowest BCUT2D eigenvalue weighted by Gasteiger charge is -2.27. The van der Waals surface area contributed by atoms with Crippen LogP contribution in [-0.4, -0.2) is 74.5 Å². The number of nitrogens with zero attached hydrogens (tertiary/aromatic N) is 2. The maximum atomic E-state index is 12.4. The lowest BCUT2D eigenvalue weighted by Crippen LogP contribution is -2.40. The molecule has 9 heteroatoms. The van der Waals surface area contributed by atoms with E-state index in [1.54, 1.807) is 4.90 Å². The van der Waals surface area contributed by atoms with E-state index in [9.17, 15) is 9.59 Å². The van der Waals surface area contributed by atoms with Crippen LogP contribution in [-0.2, 0) is 20.6 Å². The molecular weight excluding hydrogens is 380 g/mol. The fraction of sp³-hybridized carbons (Fsp3) is 0.600. The summed E-state index contributed by atoms with van der Waals surface area (Å²) in [7, 11) is 1.96. The van der Waals surface area contributed by atoms with Gasteiger partial charge in [0.1, 0.15) is 6.10 Å². The molecule has 1 aromatic rings. The van der Waals surface area contributed by atoms with Gasteiger partial charge in [-0.05, 0) is 51.4 Å². The molecular formula is C20H28N2O7. The van der Waals surface area contributed by atoms with Gasteiger partial charge in [-0.1, -0.05) is 6.07 Å². The number of carbonyl (C=O) groups is 2. The SMILES string of the molecule is CCN(C(=O)OCOC(=O)OC1CCN(C)C1)C(C)Cc1ccc2c(c1)OCO2. The number of hydrogen-bond donors (Lipinski definition) is 0. The molecule has 1 aromatic carbocycles. The molecule has 1 fully saturated rings. The summed E-state index contributed by atoms with van der Waals surface area (Å²) in [5.74, 6) is 1.43. The Morgan fingerprint density at radius 1 is 1.28 bits per heavy atom. The van der Waals surface area contributed by atoms with E-state index in [2.05, 4.69) is 4.90 Å². The summed E-state index contributed by atoms with van der Waals surface area (Å²) < 4.78 is 25.9. The first-order chi connectivity index (χ1) is 14.0. The van der Waals surface area contributed by atoms with Crippen molar-refractivity contribution in [2.45, 2.75) is 38.8 Å². The van der Waals surface area contributed by atoms with Crippen molar-refractivity contribution in [1.29, 1.82) is 0 Å². The first-order valence-corrected chi connectivity index (χ1v) is 9.80. The zero-order valence-corrected chi connectivity index (χ0v) is 17.1. The van der Waals surface area contributed by atoms with Gasteiger partial charge in [0.15, 0.2) is 11.5 Å². The van der Waals surface area contributed by atoms with Gasteiger partial charge in [0.05, 0.1) is 0 Å². The Bertz CT molecular complexity index is 727. The van der Waals surface area contributed by atoms with E-state index >= 15 is 0 Å². The van der Waals surface area contributed by atoms with Gasteiger partial charge in [-0.25, -0.2) is 9.59 Å². The highest BCUT2D eigenvalue weighted by atomic mass is 16.8. The number of amides is 1. The number of likely N-dealkylation sites (N-methyl/N-ethyl adjacent to an activating group) is 2. The van der Waals surface area contributed by atoms with Crippen LogP contribution in [0.1, 0.15) is 25.8 Å². The standard InChI is InChI=1S/C20H28N2O7/c1-4-22(14(2)9-15-5-6-17-18(10-15)26-12-25-17)19(23)27-13-28-20(24)29-16-7-8-21(3)11-16/h5-6,10,14,16H,4,7-9,11-13H2,1-3H3. The lowest BCUT2D eigenvalue weighted by atomic mass is 10.1. The van der Waals surface area contributed by atoms with Gasteiger partial charge in [-0.15, -0.1) is 0 Å². The fourth-order valence-electron chi connectivity index (χ4n) is 3.51. The summed E-state index contributed by atoms with van der Waals surface area (Å²) in [5, 5.41) is 0. The van der Waals surface area contributed by atoms with Crippen LogP contribution in [0.5, 0.6) is 11.5 Å². The molecule has 2 aliphatic rings. The minimum absolute atomic E-state index is 0.117. The second kappa shape index (κ2) is 9.69. The molecule has 9 nitrogen and oxygen atoms in total. The van der Waals surface area contributed by atoms with Crippen LogP contribution >= 0.6 is 0 Å². The van der Waals surface area contributed by atoms with Crippen LogP contribution in [0.3, 0.4) is 0 Å². The van der Waals surface area contributed by atoms with Crippen molar-refractivity contribution < 1.29 is 33.3 Å². The van der Waals surface area contributed by atoms with Crippen LogP contribution in [0.15, 0.2) is 18.2 Å². The largest absolute Gasteiger partial charge is 0.511 e. The van der Waals surface area contributed by atoms with Crippen molar-refractivity contribution in [3.05, 3.63) is 23.8 Å². The average molecular weight is 408 g/mol. The monoisotopic (exact) mass is 408 g/mol. The summed E-state index contributed by atoms with van der Waals surface area (Å²) in [5.41, 5.74) is 1.02. The van der Waals surface area contributed by atoms with Crippen molar-refractivity contribution in [3.63, 3.8) is 0 Å². The van der Waals surface area contributed by atoms with Gasteiger partial charge in [-0.3, -0.25) is 0 Å². The van der Waals surface area contributed by atoms with Crippen molar-refractivity contribution >= 4 is 12.2 Å². The normalized spacial score (nSPS) is 18.9. The highest BCUT2D eigenvalue weighted by molar-refractivity contribution is 5.68. The molecule has 2 aliphatic heterocycles. The number of carbonyl (C=O) groups excluding carboxylic acids is 2. The van der Waals surface area contributed by atoms with Crippen molar-refractivity contribution in [2.24, 2.45) is 0 Å². The second-order valence-electron chi connectivity index (χ2n) is 7.24. The van der Waals surface area contributed by atoms with Crippen molar-refractivity contribution in [2.75, 3.05) is 40.3 Å². The average Bonchev–Trinajstić information content (AvgIpc) is 3.30. The minimum Gasteiger partial charge on any atom is -0.454 e. The van der Waals surface area contributed by atoms with Crippen LogP contribution in [0, 0.1) is 0 Å². The molecule has 1 saturated heterocycles. The lowest BCUT2D eigenvalue weighted by molar-refractivity contribution is -0.0368. The minimum atomic E-state index is -0.824. The number of hydrogen-bond acceptors (Lipinski definition) is 8. The van der Waals surface area contributed by atoms with Crippen LogP contribution in [0.4, 0.5) is 9.59 Å². The first kappa shape index (κ1) is 21.0. The van der Waals surface area contributed by atoms with Gasteiger partial charge in [0.2, 0.25) is 13.6 Å². The molecule has 2 heterocycles. The van der Waals surface area contributed by atoms with Crippen LogP contribution in [0.25, 0.3) is 0 Å². The van der Waals surface area contributed by atoms with Gasteiger partial charge < -0.3 is 33.5 Å². The molecule has 0 bridgehead atoms. The molecule has 160 valence electrons. The van der Waals surface area contributed by atoms with E-state index in [1.807, 2.05) is 39.1 Å². The van der Waals surface area contributed by atoms with Gasteiger partial charge in [-0.2, -0.15) is 0 Å². The molecule has 0 N–H and O–H groups in total. The van der Waals surface area contributed by atoms with Crippen molar-refractivity contribution in [3.8, 4) is 11.5 Å². The molecule has 0 radical (unpaired) electrons. The summed E-state index contributed by atoms with van der Waals surface area (Å²) in [6.07, 6.45) is -0.162. The number of rotatable bonds is 7. The fourth-order valence-corrected chi connectivity index (χ4v) is 3.51. The Morgan fingerprint density at radius 3 is 2.79 bits per heavy atom. The summed E-state index contributed by atoms with van der Waals surface area (Å²) in [4.78, 5) is 27.7. The molecule has 0 aliphatic carbocycles. The molecule has 0 saturated carbocycles. The zero-order valence-electron chi connectivity index (χ0n) is 17.1. The second-order valence-corrected chi connectivity index (χ2v) is 7.24. The third-order valence-electron chi connectivity index (χ3n) is 5.05. The Morgan fingerprint density at radius 2 is 2.07 bits per heavy atom. The molecule has 2 unspecified atom stereocenters. The molecule has 2 atom stereocenters. The molecule has 3 rings (SSSR count). The summed E-state index contributed by atoms with van der Waals surface area (Å²) >= 11 is 0. The van der Waals surface area contributed by atoms with E-state index in [0.717, 1.165) is 24.3 Å². The first-order valence-electron chi connectivity index (χ1n) is 9.80.